The minimum Gasteiger partial charge on any atom is -0.464 e. The second kappa shape index (κ2) is 7.30. The molecule has 2 atom stereocenters. The third-order valence-electron chi connectivity index (χ3n) is 6.90. The number of nitrogens with zero attached hydrogens (tertiary/aromatic N) is 3. The van der Waals surface area contributed by atoms with Gasteiger partial charge in [-0.25, -0.2) is 4.79 Å². The molecule has 6 rings (SSSR count). The van der Waals surface area contributed by atoms with Gasteiger partial charge >= 0.3 is 5.97 Å². The van der Waals surface area contributed by atoms with E-state index in [1.165, 1.54) is 7.11 Å². The van der Waals surface area contributed by atoms with Gasteiger partial charge in [0.15, 0.2) is 11.1 Å². The van der Waals surface area contributed by atoms with Crippen molar-refractivity contribution < 1.29 is 14.3 Å². The second-order valence-corrected chi connectivity index (χ2v) is 8.98. The van der Waals surface area contributed by atoms with Crippen molar-refractivity contribution in [1.82, 2.24) is 5.01 Å². The van der Waals surface area contributed by atoms with E-state index in [9.17, 15) is 9.59 Å². The first-order valence-corrected chi connectivity index (χ1v) is 11.3. The Balaban J connectivity index is 1.71. The van der Waals surface area contributed by atoms with E-state index in [2.05, 4.69) is 0 Å². The van der Waals surface area contributed by atoms with Crippen LogP contribution in [0.5, 0.6) is 0 Å². The van der Waals surface area contributed by atoms with Gasteiger partial charge in [-0.15, -0.1) is 0 Å². The Hall–Kier alpha value is -3.90. The molecule has 3 heterocycles. The fourth-order valence-corrected chi connectivity index (χ4v) is 5.61. The normalized spacial score (nSPS) is 22.2. The van der Waals surface area contributed by atoms with Crippen molar-refractivity contribution >= 4 is 46.6 Å². The number of benzene rings is 3. The van der Waals surface area contributed by atoms with Gasteiger partial charge in [-0.3, -0.25) is 9.80 Å². The fourth-order valence-electron chi connectivity index (χ4n) is 5.44. The molecule has 0 saturated heterocycles. The highest BCUT2D eigenvalue weighted by molar-refractivity contribution is 6.48. The fraction of sp³-hybridized carbons (Fsp3) is 0.148. The number of hydrogen-bond donors (Lipinski definition) is 0. The molecule has 3 aliphatic rings. The van der Waals surface area contributed by atoms with Crippen molar-refractivity contribution in [3.8, 4) is 0 Å². The number of rotatable bonds is 2. The van der Waals surface area contributed by atoms with Crippen molar-refractivity contribution in [2.75, 3.05) is 19.1 Å². The molecule has 3 aromatic carbocycles. The van der Waals surface area contributed by atoms with Crippen LogP contribution in [-0.2, 0) is 19.7 Å². The number of anilines is 1. The molecule has 0 fully saturated rings. The molecule has 7 heteroatoms. The number of likely N-dealkylation sites (N-methyl/N-ethyl adjacent to an activating group) is 1. The summed E-state index contributed by atoms with van der Waals surface area (Å²) < 4.78 is 5.17. The van der Waals surface area contributed by atoms with E-state index in [0.717, 1.165) is 22.4 Å². The van der Waals surface area contributed by atoms with E-state index in [0.29, 0.717) is 16.3 Å². The second-order valence-electron chi connectivity index (χ2n) is 8.55. The molecule has 168 valence electrons. The van der Waals surface area contributed by atoms with Gasteiger partial charge in [0.05, 0.1) is 12.8 Å². The van der Waals surface area contributed by atoms with Crippen molar-refractivity contribution in [1.29, 1.82) is 0 Å². The summed E-state index contributed by atoms with van der Waals surface area (Å²) in [6.45, 7) is 0. The first-order chi connectivity index (χ1) is 16.5. The van der Waals surface area contributed by atoms with Crippen LogP contribution in [0.2, 0.25) is 5.02 Å². The van der Waals surface area contributed by atoms with Gasteiger partial charge in [-0.2, -0.15) is 5.10 Å². The number of amides is 1. The molecule has 0 radical (unpaired) electrons. The topological polar surface area (TPSA) is 62.2 Å². The van der Waals surface area contributed by atoms with Gasteiger partial charge < -0.3 is 9.64 Å². The molecule has 0 aromatic heterocycles. The molecule has 6 nitrogen and oxygen atoms in total. The van der Waals surface area contributed by atoms with Gasteiger partial charge in [0, 0.05) is 23.3 Å². The molecular formula is C27H20ClN3O3. The maximum absolute atomic E-state index is 14.2. The standard InChI is InChI=1S/C27H20ClN3O3/c1-30-21-13-12-18(28)15-20(21)27(26(30)33)23(25(32)34-2)29-31-22(16-8-4-3-5-9-16)14-17-10-6-7-11-19(17)24(27)31/h3-15,24H,1-2H3/t24-,27+/m0/s1. The van der Waals surface area contributed by atoms with Crippen LogP contribution in [0.3, 0.4) is 0 Å². The van der Waals surface area contributed by atoms with Gasteiger partial charge in [0.2, 0.25) is 5.91 Å². The van der Waals surface area contributed by atoms with Crippen LogP contribution in [0, 0.1) is 0 Å². The summed E-state index contributed by atoms with van der Waals surface area (Å²) in [4.78, 5) is 29.0. The molecule has 0 bridgehead atoms. The summed E-state index contributed by atoms with van der Waals surface area (Å²) >= 11 is 6.43. The SMILES string of the molecule is COC(=O)C1=NN2C(c3ccccc3)=Cc3ccccc3[C@H]2[C@]12C(=O)N(C)c1ccc(Cl)cc12. The molecule has 0 unspecified atom stereocenters. The molecule has 1 spiro atoms. The Morgan fingerprint density at radius 3 is 2.56 bits per heavy atom. The van der Waals surface area contributed by atoms with E-state index in [-0.39, 0.29) is 11.6 Å². The smallest absolute Gasteiger partial charge is 0.355 e. The first-order valence-electron chi connectivity index (χ1n) is 10.9. The number of halogens is 1. The van der Waals surface area contributed by atoms with Gasteiger partial charge in [-0.05, 0) is 41.0 Å². The Bertz CT molecular complexity index is 1430. The van der Waals surface area contributed by atoms with E-state index in [4.69, 9.17) is 21.4 Å². The zero-order valence-corrected chi connectivity index (χ0v) is 19.3. The maximum Gasteiger partial charge on any atom is 0.355 e. The summed E-state index contributed by atoms with van der Waals surface area (Å²) in [6, 6.07) is 22.5. The summed E-state index contributed by atoms with van der Waals surface area (Å²) in [7, 11) is 3.02. The number of ether oxygens (including phenoxy) is 1. The van der Waals surface area contributed by atoms with E-state index in [1.807, 2.05) is 66.7 Å². The Labute approximate surface area is 201 Å². The largest absolute Gasteiger partial charge is 0.464 e. The molecule has 0 aliphatic carbocycles. The summed E-state index contributed by atoms with van der Waals surface area (Å²) in [5.74, 6) is -0.889. The Morgan fingerprint density at radius 2 is 1.79 bits per heavy atom. The maximum atomic E-state index is 14.2. The number of hydrazone groups is 1. The highest BCUT2D eigenvalue weighted by Crippen LogP contribution is 2.59. The van der Waals surface area contributed by atoms with Gasteiger partial charge in [0.1, 0.15) is 6.04 Å². The highest BCUT2D eigenvalue weighted by atomic mass is 35.5. The molecule has 1 amide bonds. The average Bonchev–Trinajstić information content (AvgIpc) is 3.33. The van der Waals surface area contributed by atoms with Gasteiger partial charge in [-0.1, -0.05) is 66.2 Å². The predicted octanol–water partition coefficient (Wildman–Crippen LogP) is 4.65. The zero-order valence-electron chi connectivity index (χ0n) is 18.5. The molecule has 3 aromatic rings. The van der Waals surface area contributed by atoms with Crippen LogP contribution >= 0.6 is 11.6 Å². The van der Waals surface area contributed by atoms with Crippen LogP contribution in [0.25, 0.3) is 11.8 Å². The van der Waals surface area contributed by atoms with E-state index in [1.54, 1.807) is 29.1 Å². The molecule has 3 aliphatic heterocycles. The minimum atomic E-state index is -1.41. The number of hydrogen-bond acceptors (Lipinski definition) is 5. The highest BCUT2D eigenvalue weighted by Gasteiger charge is 2.67. The molecule has 0 N–H and O–H groups in total. The van der Waals surface area contributed by atoms with Crippen molar-refractivity contribution in [3.63, 3.8) is 0 Å². The number of carbonyl (C=O) groups excluding carboxylic acids is 2. The lowest BCUT2D eigenvalue weighted by Crippen LogP contribution is -2.51. The number of fused-ring (bicyclic) bond motifs is 6. The van der Waals surface area contributed by atoms with E-state index < -0.39 is 17.4 Å². The zero-order chi connectivity index (χ0) is 23.6. The third-order valence-corrected chi connectivity index (χ3v) is 7.14. The van der Waals surface area contributed by atoms with Crippen LogP contribution in [0.4, 0.5) is 5.69 Å². The van der Waals surface area contributed by atoms with Crippen molar-refractivity contribution in [3.05, 3.63) is 100 Å². The number of carbonyl (C=O) groups is 2. The number of methoxy groups -OCH3 is 1. The molecule has 0 saturated carbocycles. The Kier molecular flexibility index (Phi) is 4.44. The first kappa shape index (κ1) is 20.7. The quantitative estimate of drug-likeness (QED) is 0.512. The molecular weight excluding hydrogens is 450 g/mol. The monoisotopic (exact) mass is 469 g/mol. The lowest BCUT2D eigenvalue weighted by atomic mass is 9.68. The number of esters is 1. The lowest BCUT2D eigenvalue weighted by Gasteiger charge is -2.39. The van der Waals surface area contributed by atoms with Crippen LogP contribution in [0.15, 0.2) is 77.9 Å². The van der Waals surface area contributed by atoms with Crippen LogP contribution < -0.4 is 4.90 Å². The van der Waals surface area contributed by atoms with Gasteiger partial charge in [0.25, 0.3) is 0 Å². The van der Waals surface area contributed by atoms with Crippen LogP contribution in [-0.4, -0.2) is 36.8 Å². The van der Waals surface area contributed by atoms with E-state index >= 15 is 0 Å². The third kappa shape index (κ3) is 2.54. The lowest BCUT2D eigenvalue weighted by molar-refractivity contribution is -0.134. The van der Waals surface area contributed by atoms with Crippen LogP contribution in [0.1, 0.15) is 28.3 Å². The Morgan fingerprint density at radius 1 is 1.06 bits per heavy atom. The average molecular weight is 470 g/mol. The molecule has 34 heavy (non-hydrogen) atoms. The minimum absolute atomic E-state index is 0.0522. The summed E-state index contributed by atoms with van der Waals surface area (Å²) in [5.41, 5.74) is 3.58. The summed E-state index contributed by atoms with van der Waals surface area (Å²) in [6.07, 6.45) is 2.04. The summed E-state index contributed by atoms with van der Waals surface area (Å²) in [5, 5.41) is 7.08. The predicted molar refractivity (Wildman–Crippen MR) is 131 cm³/mol. The van der Waals surface area contributed by atoms with Crippen molar-refractivity contribution in [2.24, 2.45) is 5.10 Å². The van der Waals surface area contributed by atoms with Crippen molar-refractivity contribution in [2.45, 2.75) is 11.5 Å².